The first-order valence-electron chi connectivity index (χ1n) is 4.75. The van der Waals surface area contributed by atoms with Gasteiger partial charge in [0.1, 0.15) is 12.4 Å². The maximum absolute atomic E-state index is 5.85. The molecular formula is C11H16BrNO2. The van der Waals surface area contributed by atoms with Crippen LogP contribution >= 0.6 is 15.9 Å². The standard InChI is InChI=1S/C11H16BrNO2/c1-7-4-9(12)5-10(13)11(7)15-6-8(2)14-3/h4-5,8H,6,13H2,1-3H3. The first kappa shape index (κ1) is 12.3. The second-order valence-corrected chi connectivity index (χ2v) is 4.41. The normalized spacial score (nSPS) is 12.5. The lowest BCUT2D eigenvalue weighted by Gasteiger charge is -2.15. The minimum Gasteiger partial charge on any atom is -0.488 e. The minimum absolute atomic E-state index is 0.0625. The second kappa shape index (κ2) is 5.37. The molecule has 1 atom stereocenters. The van der Waals surface area contributed by atoms with Crippen LogP contribution in [0.4, 0.5) is 5.69 Å². The summed E-state index contributed by atoms with van der Waals surface area (Å²) in [5.74, 6) is 0.738. The highest BCUT2D eigenvalue weighted by atomic mass is 79.9. The third-order valence-electron chi connectivity index (χ3n) is 2.13. The third kappa shape index (κ3) is 3.39. The van der Waals surface area contributed by atoms with Crippen LogP contribution < -0.4 is 10.5 Å². The molecule has 0 aliphatic carbocycles. The van der Waals surface area contributed by atoms with Crippen LogP contribution in [0.25, 0.3) is 0 Å². The molecule has 0 bridgehead atoms. The molecule has 1 aromatic carbocycles. The molecule has 0 radical (unpaired) electrons. The molecule has 4 heteroatoms. The van der Waals surface area contributed by atoms with Gasteiger partial charge in [-0.1, -0.05) is 15.9 Å². The Kier molecular flexibility index (Phi) is 4.42. The van der Waals surface area contributed by atoms with Gasteiger partial charge in [-0.05, 0) is 31.5 Å². The zero-order valence-electron chi connectivity index (χ0n) is 9.21. The number of methoxy groups -OCH3 is 1. The van der Waals surface area contributed by atoms with Crippen LogP contribution in [0, 0.1) is 6.92 Å². The van der Waals surface area contributed by atoms with Crippen molar-refractivity contribution in [2.24, 2.45) is 0 Å². The van der Waals surface area contributed by atoms with E-state index in [2.05, 4.69) is 15.9 Å². The van der Waals surface area contributed by atoms with Crippen LogP contribution in [-0.2, 0) is 4.74 Å². The van der Waals surface area contributed by atoms with Gasteiger partial charge in [0.05, 0.1) is 11.8 Å². The average Bonchev–Trinajstić information content (AvgIpc) is 2.15. The van der Waals surface area contributed by atoms with Gasteiger partial charge in [-0.25, -0.2) is 0 Å². The molecule has 1 unspecified atom stereocenters. The summed E-state index contributed by atoms with van der Waals surface area (Å²) in [7, 11) is 1.66. The Morgan fingerprint density at radius 3 is 2.67 bits per heavy atom. The number of hydrogen-bond acceptors (Lipinski definition) is 3. The first-order valence-corrected chi connectivity index (χ1v) is 5.55. The van der Waals surface area contributed by atoms with Crippen molar-refractivity contribution < 1.29 is 9.47 Å². The highest BCUT2D eigenvalue weighted by Gasteiger charge is 2.08. The molecule has 2 N–H and O–H groups in total. The second-order valence-electron chi connectivity index (χ2n) is 3.50. The van der Waals surface area contributed by atoms with Crippen molar-refractivity contribution in [1.29, 1.82) is 0 Å². The van der Waals surface area contributed by atoms with E-state index in [1.165, 1.54) is 0 Å². The molecule has 1 rings (SSSR count). The lowest BCUT2D eigenvalue weighted by Crippen LogP contribution is -2.16. The van der Waals surface area contributed by atoms with E-state index in [-0.39, 0.29) is 6.10 Å². The van der Waals surface area contributed by atoms with Gasteiger partial charge in [0.2, 0.25) is 0 Å². The summed E-state index contributed by atoms with van der Waals surface area (Å²) in [4.78, 5) is 0. The van der Waals surface area contributed by atoms with Crippen molar-refractivity contribution in [2.45, 2.75) is 20.0 Å². The van der Waals surface area contributed by atoms with E-state index in [1.807, 2.05) is 26.0 Å². The molecule has 0 aromatic heterocycles. The van der Waals surface area contributed by atoms with Crippen molar-refractivity contribution in [2.75, 3.05) is 19.5 Å². The number of halogens is 1. The third-order valence-corrected chi connectivity index (χ3v) is 2.59. The highest BCUT2D eigenvalue weighted by molar-refractivity contribution is 9.10. The number of hydrogen-bond donors (Lipinski definition) is 1. The van der Waals surface area contributed by atoms with Gasteiger partial charge in [0.25, 0.3) is 0 Å². The number of ether oxygens (including phenoxy) is 2. The molecule has 0 spiro atoms. The van der Waals surface area contributed by atoms with Crippen LogP contribution in [0.5, 0.6) is 5.75 Å². The maximum atomic E-state index is 5.85. The quantitative estimate of drug-likeness (QED) is 0.858. The fourth-order valence-corrected chi connectivity index (χ4v) is 1.81. The Morgan fingerprint density at radius 2 is 2.13 bits per heavy atom. The van der Waals surface area contributed by atoms with Gasteiger partial charge in [-0.3, -0.25) is 0 Å². The lowest BCUT2D eigenvalue weighted by molar-refractivity contribution is 0.0717. The molecule has 0 saturated carbocycles. The van der Waals surface area contributed by atoms with Gasteiger partial charge in [0, 0.05) is 11.6 Å². The Morgan fingerprint density at radius 1 is 1.47 bits per heavy atom. The highest BCUT2D eigenvalue weighted by Crippen LogP contribution is 2.30. The molecule has 0 heterocycles. The fraction of sp³-hybridized carbons (Fsp3) is 0.455. The molecule has 0 aliphatic rings. The van der Waals surface area contributed by atoms with E-state index < -0.39 is 0 Å². The van der Waals surface area contributed by atoms with Crippen LogP contribution in [0.1, 0.15) is 12.5 Å². The number of aryl methyl sites for hydroxylation is 1. The van der Waals surface area contributed by atoms with E-state index in [9.17, 15) is 0 Å². The number of rotatable bonds is 4. The summed E-state index contributed by atoms with van der Waals surface area (Å²) >= 11 is 3.38. The molecule has 84 valence electrons. The summed E-state index contributed by atoms with van der Waals surface area (Å²) in [5.41, 5.74) is 7.52. The number of nitrogen functional groups attached to an aromatic ring is 1. The van der Waals surface area contributed by atoms with Gasteiger partial charge >= 0.3 is 0 Å². The van der Waals surface area contributed by atoms with Gasteiger partial charge in [-0.2, -0.15) is 0 Å². The SMILES string of the molecule is COC(C)COc1c(C)cc(Br)cc1N. The predicted octanol–water partition coefficient (Wildman–Crippen LogP) is 2.75. The summed E-state index contributed by atoms with van der Waals surface area (Å²) in [6.07, 6.45) is 0.0625. The van der Waals surface area contributed by atoms with E-state index >= 15 is 0 Å². The Bertz CT molecular complexity index is 318. The maximum Gasteiger partial charge on any atom is 0.145 e. The number of benzene rings is 1. The van der Waals surface area contributed by atoms with Crippen molar-refractivity contribution >= 4 is 21.6 Å². The van der Waals surface area contributed by atoms with Crippen LogP contribution in [0.15, 0.2) is 16.6 Å². The molecule has 0 aliphatic heterocycles. The van der Waals surface area contributed by atoms with Gasteiger partial charge < -0.3 is 15.2 Å². The lowest BCUT2D eigenvalue weighted by atomic mass is 10.2. The van der Waals surface area contributed by atoms with E-state index in [0.29, 0.717) is 12.3 Å². The van der Waals surface area contributed by atoms with Crippen LogP contribution in [0.3, 0.4) is 0 Å². The van der Waals surface area contributed by atoms with Crippen LogP contribution in [0.2, 0.25) is 0 Å². The average molecular weight is 274 g/mol. The Balaban J connectivity index is 2.77. The fourth-order valence-electron chi connectivity index (χ4n) is 1.22. The zero-order valence-corrected chi connectivity index (χ0v) is 10.8. The monoisotopic (exact) mass is 273 g/mol. The van der Waals surface area contributed by atoms with Crippen molar-refractivity contribution in [3.05, 3.63) is 22.2 Å². The summed E-state index contributed by atoms with van der Waals surface area (Å²) < 4.78 is 11.7. The minimum atomic E-state index is 0.0625. The molecule has 1 aromatic rings. The van der Waals surface area contributed by atoms with Crippen LogP contribution in [-0.4, -0.2) is 19.8 Å². The summed E-state index contributed by atoms with van der Waals surface area (Å²) in [6.45, 7) is 4.42. The molecular weight excluding hydrogens is 258 g/mol. The first-order chi connectivity index (χ1) is 7.04. The molecule has 15 heavy (non-hydrogen) atoms. The summed E-state index contributed by atoms with van der Waals surface area (Å²) in [5, 5.41) is 0. The van der Waals surface area contributed by atoms with Crippen molar-refractivity contribution in [3.63, 3.8) is 0 Å². The molecule has 0 amide bonds. The van der Waals surface area contributed by atoms with Crippen molar-refractivity contribution in [3.8, 4) is 5.75 Å². The Hall–Kier alpha value is -0.740. The van der Waals surface area contributed by atoms with Gasteiger partial charge in [0.15, 0.2) is 0 Å². The zero-order chi connectivity index (χ0) is 11.4. The van der Waals surface area contributed by atoms with E-state index in [1.54, 1.807) is 7.11 Å². The topological polar surface area (TPSA) is 44.5 Å². The van der Waals surface area contributed by atoms with Gasteiger partial charge in [-0.15, -0.1) is 0 Å². The molecule has 0 fully saturated rings. The summed E-state index contributed by atoms with van der Waals surface area (Å²) in [6, 6.07) is 3.81. The van der Waals surface area contributed by atoms with Crippen molar-refractivity contribution in [1.82, 2.24) is 0 Å². The molecule has 0 saturated heterocycles. The predicted molar refractivity (Wildman–Crippen MR) is 65.3 cm³/mol. The molecule has 3 nitrogen and oxygen atoms in total. The number of anilines is 1. The largest absolute Gasteiger partial charge is 0.488 e. The van der Waals surface area contributed by atoms with E-state index in [0.717, 1.165) is 15.8 Å². The van der Waals surface area contributed by atoms with E-state index in [4.69, 9.17) is 15.2 Å². The smallest absolute Gasteiger partial charge is 0.145 e. The Labute approximate surface area is 98.7 Å². The number of nitrogens with two attached hydrogens (primary N) is 1.